The van der Waals surface area contributed by atoms with Gasteiger partial charge in [0, 0.05) is 16.8 Å². The number of amides is 1. The number of nitrogens with one attached hydrogen (secondary N) is 1. The van der Waals surface area contributed by atoms with E-state index in [-0.39, 0.29) is 23.3 Å². The summed E-state index contributed by atoms with van der Waals surface area (Å²) in [6.45, 7) is -0.493. The average Bonchev–Trinajstić information content (AvgIpc) is 2.79. The standard InChI is InChI=1S/C24H18N2O4/c25-15-14-17-10-12-19(13-11-17)26-22(27)16-30-24(29)21-9-5-4-8-20(21)23(28)18-6-2-1-3-7-18/h1-13H,14,16H2,(H,26,27). The molecule has 0 aliphatic heterocycles. The molecule has 0 bridgehead atoms. The van der Waals surface area contributed by atoms with Gasteiger partial charge >= 0.3 is 5.97 Å². The number of carbonyl (C=O) groups excluding carboxylic acids is 3. The summed E-state index contributed by atoms with van der Waals surface area (Å²) < 4.78 is 5.10. The Hall–Kier alpha value is -4.24. The van der Waals surface area contributed by atoms with Crippen LogP contribution in [0.15, 0.2) is 78.9 Å². The van der Waals surface area contributed by atoms with E-state index in [1.54, 1.807) is 72.8 Å². The predicted octanol–water partition coefficient (Wildman–Crippen LogP) is 3.78. The SMILES string of the molecule is N#CCc1ccc(NC(=O)COC(=O)c2ccccc2C(=O)c2ccccc2)cc1. The molecule has 0 fully saturated rings. The van der Waals surface area contributed by atoms with E-state index in [0.717, 1.165) is 5.56 Å². The highest BCUT2D eigenvalue weighted by atomic mass is 16.5. The molecule has 6 heteroatoms. The zero-order valence-corrected chi connectivity index (χ0v) is 16.0. The molecule has 0 radical (unpaired) electrons. The largest absolute Gasteiger partial charge is 0.452 e. The lowest BCUT2D eigenvalue weighted by atomic mass is 9.98. The Kier molecular flexibility index (Phi) is 6.70. The summed E-state index contributed by atoms with van der Waals surface area (Å²) >= 11 is 0. The van der Waals surface area contributed by atoms with Gasteiger partial charge in [-0.2, -0.15) is 5.26 Å². The van der Waals surface area contributed by atoms with E-state index in [0.29, 0.717) is 11.3 Å². The summed E-state index contributed by atoms with van der Waals surface area (Å²) in [5.41, 5.74) is 2.12. The maximum Gasteiger partial charge on any atom is 0.339 e. The molecule has 3 aromatic rings. The van der Waals surface area contributed by atoms with Gasteiger partial charge in [0.1, 0.15) is 0 Å². The minimum Gasteiger partial charge on any atom is -0.452 e. The van der Waals surface area contributed by atoms with Crippen LogP contribution in [0, 0.1) is 11.3 Å². The van der Waals surface area contributed by atoms with Gasteiger partial charge in [-0.3, -0.25) is 9.59 Å². The highest BCUT2D eigenvalue weighted by Crippen LogP contribution is 2.16. The van der Waals surface area contributed by atoms with Crippen LogP contribution in [0.5, 0.6) is 0 Å². The number of rotatable bonds is 7. The highest BCUT2D eigenvalue weighted by molar-refractivity contribution is 6.14. The summed E-state index contributed by atoms with van der Waals surface area (Å²) in [6.07, 6.45) is 0.285. The van der Waals surface area contributed by atoms with Crippen molar-refractivity contribution in [2.45, 2.75) is 6.42 Å². The van der Waals surface area contributed by atoms with E-state index in [2.05, 4.69) is 5.32 Å². The van der Waals surface area contributed by atoms with Crippen molar-refractivity contribution in [2.24, 2.45) is 0 Å². The molecular formula is C24H18N2O4. The number of nitrogens with zero attached hydrogens (tertiary/aromatic N) is 1. The topological polar surface area (TPSA) is 96.3 Å². The fourth-order valence-electron chi connectivity index (χ4n) is 2.81. The second-order valence-electron chi connectivity index (χ2n) is 6.40. The van der Waals surface area contributed by atoms with Crippen LogP contribution >= 0.6 is 0 Å². The van der Waals surface area contributed by atoms with Gasteiger partial charge < -0.3 is 10.1 Å². The van der Waals surface area contributed by atoms with Crippen molar-refractivity contribution in [3.8, 4) is 6.07 Å². The molecule has 0 saturated heterocycles. The Balaban J connectivity index is 1.63. The Morgan fingerprint density at radius 2 is 1.47 bits per heavy atom. The molecule has 0 spiro atoms. The third-order valence-corrected chi connectivity index (χ3v) is 4.28. The molecular weight excluding hydrogens is 380 g/mol. The molecule has 0 aliphatic rings. The zero-order valence-electron chi connectivity index (χ0n) is 16.0. The van der Waals surface area contributed by atoms with Crippen LogP contribution in [-0.2, 0) is 16.0 Å². The molecule has 3 aromatic carbocycles. The van der Waals surface area contributed by atoms with Gasteiger partial charge in [0.2, 0.25) is 0 Å². The van der Waals surface area contributed by atoms with Gasteiger partial charge in [-0.25, -0.2) is 4.79 Å². The lowest BCUT2D eigenvalue weighted by molar-refractivity contribution is -0.119. The van der Waals surface area contributed by atoms with E-state index in [4.69, 9.17) is 10.00 Å². The number of ketones is 1. The number of carbonyl (C=O) groups is 3. The quantitative estimate of drug-likeness (QED) is 0.483. The maximum atomic E-state index is 12.7. The smallest absolute Gasteiger partial charge is 0.339 e. The number of esters is 1. The number of benzene rings is 3. The van der Waals surface area contributed by atoms with E-state index in [1.165, 1.54) is 6.07 Å². The van der Waals surface area contributed by atoms with Crippen LogP contribution in [0.2, 0.25) is 0 Å². The van der Waals surface area contributed by atoms with Gasteiger partial charge in [0.05, 0.1) is 18.1 Å². The molecule has 1 N–H and O–H groups in total. The first-order valence-electron chi connectivity index (χ1n) is 9.20. The lowest BCUT2D eigenvalue weighted by Crippen LogP contribution is -2.22. The lowest BCUT2D eigenvalue weighted by Gasteiger charge is -2.10. The first kappa shape index (κ1) is 20.5. The molecule has 148 valence electrons. The maximum absolute atomic E-state index is 12.7. The summed E-state index contributed by atoms with van der Waals surface area (Å²) in [4.78, 5) is 37.3. The van der Waals surface area contributed by atoms with Crippen LogP contribution in [0.25, 0.3) is 0 Å². The van der Waals surface area contributed by atoms with E-state index >= 15 is 0 Å². The first-order valence-corrected chi connectivity index (χ1v) is 9.20. The van der Waals surface area contributed by atoms with Crippen molar-refractivity contribution >= 4 is 23.3 Å². The van der Waals surface area contributed by atoms with Gasteiger partial charge in [0.15, 0.2) is 12.4 Å². The highest BCUT2D eigenvalue weighted by Gasteiger charge is 2.19. The third-order valence-electron chi connectivity index (χ3n) is 4.28. The number of hydrogen-bond acceptors (Lipinski definition) is 5. The van der Waals surface area contributed by atoms with Crippen LogP contribution < -0.4 is 5.32 Å². The van der Waals surface area contributed by atoms with Crippen molar-refractivity contribution in [3.63, 3.8) is 0 Å². The Labute approximate surface area is 173 Å². The number of ether oxygens (including phenoxy) is 1. The van der Waals surface area contributed by atoms with Crippen molar-refractivity contribution in [3.05, 3.63) is 101 Å². The molecule has 0 atom stereocenters. The van der Waals surface area contributed by atoms with Crippen LogP contribution in [-0.4, -0.2) is 24.3 Å². The number of hydrogen-bond donors (Lipinski definition) is 1. The summed E-state index contributed by atoms with van der Waals surface area (Å²) in [7, 11) is 0. The van der Waals surface area contributed by atoms with Crippen LogP contribution in [0.4, 0.5) is 5.69 Å². The zero-order chi connectivity index (χ0) is 21.3. The monoisotopic (exact) mass is 398 g/mol. The molecule has 0 saturated carbocycles. The van der Waals surface area contributed by atoms with Crippen LogP contribution in [0.3, 0.4) is 0 Å². The second-order valence-corrected chi connectivity index (χ2v) is 6.40. The Bertz CT molecular complexity index is 1100. The third kappa shape index (κ3) is 5.18. The Morgan fingerprint density at radius 1 is 0.833 bits per heavy atom. The minimum absolute atomic E-state index is 0.0972. The molecule has 0 aromatic heterocycles. The molecule has 0 unspecified atom stereocenters. The van der Waals surface area contributed by atoms with Crippen LogP contribution in [0.1, 0.15) is 31.8 Å². The number of nitriles is 1. The second kappa shape index (κ2) is 9.80. The normalized spacial score (nSPS) is 9.97. The molecule has 30 heavy (non-hydrogen) atoms. The summed E-state index contributed by atoms with van der Waals surface area (Å²) in [6, 6.07) is 23.8. The predicted molar refractivity (Wildman–Crippen MR) is 111 cm³/mol. The molecule has 3 rings (SSSR count). The van der Waals surface area contributed by atoms with E-state index < -0.39 is 18.5 Å². The van der Waals surface area contributed by atoms with Crippen molar-refractivity contribution in [1.29, 1.82) is 5.26 Å². The Morgan fingerprint density at radius 3 is 2.13 bits per heavy atom. The molecule has 1 amide bonds. The van der Waals surface area contributed by atoms with Crippen molar-refractivity contribution < 1.29 is 19.1 Å². The molecule has 0 heterocycles. The summed E-state index contributed by atoms with van der Waals surface area (Å²) in [5, 5.41) is 11.3. The van der Waals surface area contributed by atoms with Crippen molar-refractivity contribution in [2.75, 3.05) is 11.9 Å². The summed E-state index contributed by atoms with van der Waals surface area (Å²) in [5.74, 6) is -1.57. The molecule has 6 nitrogen and oxygen atoms in total. The van der Waals surface area contributed by atoms with Crippen molar-refractivity contribution in [1.82, 2.24) is 0 Å². The van der Waals surface area contributed by atoms with Gasteiger partial charge in [-0.05, 0) is 23.8 Å². The minimum atomic E-state index is -0.755. The van der Waals surface area contributed by atoms with E-state index in [9.17, 15) is 14.4 Å². The number of anilines is 1. The van der Waals surface area contributed by atoms with Gasteiger partial charge in [-0.1, -0.05) is 60.7 Å². The fraction of sp³-hybridized carbons (Fsp3) is 0.0833. The van der Waals surface area contributed by atoms with Gasteiger partial charge in [-0.15, -0.1) is 0 Å². The van der Waals surface area contributed by atoms with Gasteiger partial charge in [0.25, 0.3) is 5.91 Å². The first-order chi connectivity index (χ1) is 14.6. The van der Waals surface area contributed by atoms with E-state index in [1.807, 2.05) is 6.07 Å². The average molecular weight is 398 g/mol. The fourth-order valence-corrected chi connectivity index (χ4v) is 2.81. The molecule has 0 aliphatic carbocycles.